The molecule has 3 rings (SSSR count). The van der Waals surface area contributed by atoms with Crippen LogP contribution >= 0.6 is 31.9 Å². The number of nitrogens with two attached hydrogens (primary N) is 1. The first-order chi connectivity index (χ1) is 11.5. The van der Waals surface area contributed by atoms with Gasteiger partial charge in [-0.1, -0.05) is 17.2 Å². The summed E-state index contributed by atoms with van der Waals surface area (Å²) < 4.78 is 6.61. The third kappa shape index (κ3) is 3.82. The van der Waals surface area contributed by atoms with Crippen molar-refractivity contribution in [1.29, 1.82) is 0 Å². The van der Waals surface area contributed by atoms with Crippen molar-refractivity contribution in [3.05, 3.63) is 57.1 Å². The molecule has 1 heterocycles. The lowest BCUT2D eigenvalue weighted by molar-refractivity contribution is 0.277. The Morgan fingerprint density at radius 1 is 1.04 bits per heavy atom. The zero-order valence-corrected chi connectivity index (χ0v) is 15.5. The van der Waals surface area contributed by atoms with Gasteiger partial charge in [-0.2, -0.15) is 0 Å². The minimum atomic E-state index is 0.128. The largest absolute Gasteiger partial charge is 0.506 e. The van der Waals surface area contributed by atoms with Crippen LogP contribution < -0.4 is 10.5 Å². The number of phenolic OH excluding ortho intramolecular Hbond substituents is 1. The molecule has 0 atom stereocenters. The van der Waals surface area contributed by atoms with Gasteiger partial charge in [0.1, 0.15) is 18.1 Å². The van der Waals surface area contributed by atoms with E-state index in [1.165, 1.54) is 0 Å². The van der Waals surface area contributed by atoms with Crippen LogP contribution in [0.2, 0.25) is 0 Å². The zero-order valence-electron chi connectivity index (χ0n) is 12.3. The van der Waals surface area contributed by atoms with Crippen LogP contribution in [0.3, 0.4) is 0 Å². The molecule has 0 saturated heterocycles. The number of benzene rings is 2. The fraction of sp³-hybridized carbons (Fsp3) is 0.0625. The van der Waals surface area contributed by atoms with Crippen molar-refractivity contribution < 1.29 is 9.84 Å². The molecule has 24 heavy (non-hydrogen) atoms. The van der Waals surface area contributed by atoms with Crippen LogP contribution in [0.1, 0.15) is 5.56 Å². The number of aromatic nitrogens is 3. The van der Waals surface area contributed by atoms with Gasteiger partial charge >= 0.3 is 6.01 Å². The molecular weight excluding hydrogens is 440 g/mol. The van der Waals surface area contributed by atoms with Crippen LogP contribution in [-0.2, 0) is 6.61 Å². The molecule has 0 saturated carbocycles. The van der Waals surface area contributed by atoms with Crippen molar-refractivity contribution in [2.45, 2.75) is 6.61 Å². The van der Waals surface area contributed by atoms with Crippen molar-refractivity contribution in [3.8, 4) is 23.0 Å². The number of phenols is 1. The highest BCUT2D eigenvalue weighted by Gasteiger charge is 2.10. The number of aromatic hydroxyl groups is 1. The summed E-state index contributed by atoms with van der Waals surface area (Å²) in [6, 6.07) is 11.0. The Balaban J connectivity index is 1.72. The molecule has 122 valence electrons. The molecule has 0 unspecified atom stereocenters. The molecule has 1 aromatic heterocycles. The maximum atomic E-state index is 9.74. The molecule has 0 spiro atoms. The Morgan fingerprint density at radius 2 is 1.71 bits per heavy atom. The average molecular weight is 452 g/mol. The maximum Gasteiger partial charge on any atom is 0.336 e. The molecule has 0 aliphatic carbocycles. The highest BCUT2D eigenvalue weighted by molar-refractivity contribution is 9.11. The molecule has 6 nitrogen and oxygen atoms in total. The molecule has 8 heteroatoms. The zero-order chi connectivity index (χ0) is 17.1. The van der Waals surface area contributed by atoms with Gasteiger partial charge in [0.15, 0.2) is 0 Å². The second kappa shape index (κ2) is 7.14. The van der Waals surface area contributed by atoms with Gasteiger partial charge in [0.05, 0.1) is 15.1 Å². The van der Waals surface area contributed by atoms with E-state index in [0.29, 0.717) is 26.9 Å². The second-order valence-corrected chi connectivity index (χ2v) is 6.65. The summed E-state index contributed by atoms with van der Waals surface area (Å²) in [5.41, 5.74) is 8.63. The van der Waals surface area contributed by atoms with E-state index >= 15 is 0 Å². The predicted octanol–water partition coefficient (Wildman–Crippen LogP) is 3.93. The van der Waals surface area contributed by atoms with Gasteiger partial charge in [0, 0.05) is 11.3 Å². The first-order valence-corrected chi connectivity index (χ1v) is 8.47. The standard InChI is InChI=1S/C16H12Br2N4O2/c17-12-5-10(6-13(18)15(12)23)14-7-20-16(22-21-14)24-8-9-1-3-11(19)4-2-9/h1-7,23H,8,19H2. The summed E-state index contributed by atoms with van der Waals surface area (Å²) in [7, 11) is 0. The van der Waals surface area contributed by atoms with Crippen LogP contribution in [-0.4, -0.2) is 20.3 Å². The van der Waals surface area contributed by atoms with Crippen molar-refractivity contribution in [1.82, 2.24) is 15.2 Å². The van der Waals surface area contributed by atoms with E-state index in [0.717, 1.165) is 11.1 Å². The van der Waals surface area contributed by atoms with E-state index in [9.17, 15) is 5.11 Å². The number of halogens is 2. The maximum absolute atomic E-state index is 9.74. The summed E-state index contributed by atoms with van der Waals surface area (Å²) >= 11 is 6.56. The molecule has 0 amide bonds. The van der Waals surface area contributed by atoms with Gasteiger partial charge in [-0.05, 0) is 61.7 Å². The van der Waals surface area contributed by atoms with Gasteiger partial charge in [0.2, 0.25) is 0 Å². The fourth-order valence-corrected chi connectivity index (χ4v) is 3.12. The van der Waals surface area contributed by atoms with E-state index in [1.54, 1.807) is 30.5 Å². The van der Waals surface area contributed by atoms with Crippen molar-refractivity contribution >= 4 is 37.5 Å². The third-order valence-electron chi connectivity index (χ3n) is 3.20. The van der Waals surface area contributed by atoms with E-state index in [-0.39, 0.29) is 11.8 Å². The Bertz CT molecular complexity index is 832. The van der Waals surface area contributed by atoms with Gasteiger partial charge in [-0.25, -0.2) is 4.98 Å². The third-order valence-corrected chi connectivity index (χ3v) is 4.41. The molecule has 0 bridgehead atoms. The molecule has 0 radical (unpaired) electrons. The van der Waals surface area contributed by atoms with Crippen molar-refractivity contribution in [2.75, 3.05) is 5.73 Å². The predicted molar refractivity (Wildman–Crippen MR) is 97.5 cm³/mol. The number of hydrogen-bond donors (Lipinski definition) is 2. The molecule has 0 fully saturated rings. The molecule has 0 aliphatic heterocycles. The number of nitrogen functional groups attached to an aromatic ring is 1. The van der Waals surface area contributed by atoms with E-state index < -0.39 is 0 Å². The number of anilines is 1. The van der Waals surface area contributed by atoms with Gasteiger partial charge in [-0.15, -0.1) is 5.10 Å². The molecular formula is C16H12Br2N4O2. The van der Waals surface area contributed by atoms with E-state index in [4.69, 9.17) is 10.5 Å². The van der Waals surface area contributed by atoms with Crippen LogP contribution in [0.15, 0.2) is 51.5 Å². The first-order valence-electron chi connectivity index (χ1n) is 6.88. The Labute approximate surface area is 155 Å². The Kier molecular flexibility index (Phi) is 4.96. The van der Waals surface area contributed by atoms with Crippen molar-refractivity contribution in [2.24, 2.45) is 0 Å². The molecule has 2 aromatic carbocycles. The number of nitrogens with zero attached hydrogens (tertiary/aromatic N) is 3. The average Bonchev–Trinajstić information content (AvgIpc) is 2.59. The van der Waals surface area contributed by atoms with Gasteiger partial charge in [0.25, 0.3) is 0 Å². The highest BCUT2D eigenvalue weighted by atomic mass is 79.9. The van der Waals surface area contributed by atoms with Crippen LogP contribution in [0, 0.1) is 0 Å². The van der Waals surface area contributed by atoms with Crippen molar-refractivity contribution in [3.63, 3.8) is 0 Å². The number of hydrogen-bond acceptors (Lipinski definition) is 6. The number of rotatable bonds is 4. The van der Waals surface area contributed by atoms with Crippen LogP contribution in [0.25, 0.3) is 11.3 Å². The van der Waals surface area contributed by atoms with Gasteiger partial charge < -0.3 is 15.6 Å². The lowest BCUT2D eigenvalue weighted by Gasteiger charge is -2.06. The quantitative estimate of drug-likeness (QED) is 0.583. The molecule has 3 aromatic rings. The first kappa shape index (κ1) is 16.7. The second-order valence-electron chi connectivity index (χ2n) is 4.94. The smallest absolute Gasteiger partial charge is 0.336 e. The van der Waals surface area contributed by atoms with E-state index in [1.807, 2.05) is 12.1 Å². The molecule has 3 N–H and O–H groups in total. The SMILES string of the molecule is Nc1ccc(COc2ncc(-c3cc(Br)c(O)c(Br)c3)nn2)cc1. The lowest BCUT2D eigenvalue weighted by atomic mass is 10.1. The highest BCUT2D eigenvalue weighted by Crippen LogP contribution is 2.36. The van der Waals surface area contributed by atoms with Gasteiger partial charge in [-0.3, -0.25) is 0 Å². The Morgan fingerprint density at radius 3 is 2.29 bits per heavy atom. The minimum Gasteiger partial charge on any atom is -0.506 e. The lowest BCUT2D eigenvalue weighted by Crippen LogP contribution is -2.01. The van der Waals surface area contributed by atoms with E-state index in [2.05, 4.69) is 47.0 Å². The normalized spacial score (nSPS) is 10.6. The summed E-state index contributed by atoms with van der Waals surface area (Å²) in [5, 5.41) is 17.8. The van der Waals surface area contributed by atoms with Crippen LogP contribution in [0.5, 0.6) is 11.8 Å². The number of ether oxygens (including phenoxy) is 1. The van der Waals surface area contributed by atoms with Crippen LogP contribution in [0.4, 0.5) is 5.69 Å². The fourth-order valence-electron chi connectivity index (χ4n) is 1.94. The summed E-state index contributed by atoms with van der Waals surface area (Å²) in [6.45, 7) is 0.331. The topological polar surface area (TPSA) is 94.2 Å². The summed E-state index contributed by atoms with van der Waals surface area (Å²) in [5.74, 6) is 0.128. The molecule has 0 aliphatic rings. The Hall–Kier alpha value is -2.19. The summed E-state index contributed by atoms with van der Waals surface area (Å²) in [6.07, 6.45) is 1.57. The minimum absolute atomic E-state index is 0.128. The monoisotopic (exact) mass is 450 g/mol. The summed E-state index contributed by atoms with van der Waals surface area (Å²) in [4.78, 5) is 4.16.